The van der Waals surface area contributed by atoms with E-state index in [1.165, 1.54) is 26.4 Å². The summed E-state index contributed by atoms with van der Waals surface area (Å²) in [6.45, 7) is 7.91. The predicted octanol–water partition coefficient (Wildman–Crippen LogP) is 4.17. The minimum atomic E-state index is -0.375. The Morgan fingerprint density at radius 3 is 2.69 bits per heavy atom. The van der Waals surface area contributed by atoms with Gasteiger partial charge in [-0.1, -0.05) is 54.6 Å². The number of amides is 1. The Morgan fingerprint density at radius 1 is 1.12 bits per heavy atom. The highest BCUT2D eigenvalue weighted by molar-refractivity contribution is 7.99. The molecule has 0 atom stereocenters. The molecule has 4 rings (SSSR count). The maximum absolute atomic E-state index is 12.9. The topological polar surface area (TPSA) is 81.3 Å². The Labute approximate surface area is 190 Å². The van der Waals surface area contributed by atoms with Crippen LogP contribution in [-0.2, 0) is 17.8 Å². The van der Waals surface area contributed by atoms with Gasteiger partial charge in [0.2, 0.25) is 5.91 Å². The minimum absolute atomic E-state index is 0.175. The van der Waals surface area contributed by atoms with Crippen LogP contribution in [0.5, 0.6) is 0 Å². The molecular formula is C24H25N5O2S. The van der Waals surface area contributed by atoms with Crippen molar-refractivity contribution in [2.45, 2.75) is 50.6 Å². The van der Waals surface area contributed by atoms with Gasteiger partial charge in [-0.05, 0) is 49.9 Å². The summed E-state index contributed by atoms with van der Waals surface area (Å²) in [5.41, 5.74) is 5.20. The number of nitrogens with one attached hydrogen (secondary N) is 1. The van der Waals surface area contributed by atoms with Gasteiger partial charge >= 0.3 is 5.69 Å². The number of nitrogens with zero attached hydrogens (tertiary/aromatic N) is 4. The van der Waals surface area contributed by atoms with Crippen molar-refractivity contribution in [3.63, 3.8) is 0 Å². The van der Waals surface area contributed by atoms with Crippen LogP contribution in [0.3, 0.4) is 0 Å². The van der Waals surface area contributed by atoms with Crippen molar-refractivity contribution in [2.24, 2.45) is 0 Å². The summed E-state index contributed by atoms with van der Waals surface area (Å²) in [6.07, 6.45) is 3.95. The van der Waals surface area contributed by atoms with Crippen molar-refractivity contribution in [3.8, 4) is 0 Å². The van der Waals surface area contributed by atoms with E-state index in [4.69, 9.17) is 0 Å². The molecule has 1 amide bonds. The van der Waals surface area contributed by atoms with Crippen molar-refractivity contribution in [3.05, 3.63) is 81.5 Å². The molecule has 2 aromatic heterocycles. The number of aryl methyl sites for hydroxylation is 4. The number of benzene rings is 2. The second-order valence-electron chi connectivity index (χ2n) is 7.75. The fraction of sp³-hybridized carbons (Fsp3) is 0.250. The average molecular weight is 448 g/mol. The zero-order chi connectivity index (χ0) is 22.8. The van der Waals surface area contributed by atoms with E-state index < -0.39 is 0 Å². The highest BCUT2D eigenvalue weighted by Crippen LogP contribution is 2.31. The van der Waals surface area contributed by atoms with Gasteiger partial charge in [-0.25, -0.2) is 18.9 Å². The van der Waals surface area contributed by atoms with Crippen LogP contribution in [0.2, 0.25) is 0 Å². The van der Waals surface area contributed by atoms with Crippen molar-refractivity contribution < 1.29 is 4.79 Å². The van der Waals surface area contributed by atoms with E-state index in [-0.39, 0.29) is 18.1 Å². The molecule has 2 heterocycles. The van der Waals surface area contributed by atoms with Crippen molar-refractivity contribution in [1.29, 1.82) is 0 Å². The van der Waals surface area contributed by atoms with Gasteiger partial charge in [-0.2, -0.15) is 0 Å². The van der Waals surface area contributed by atoms with Crippen LogP contribution in [0.1, 0.15) is 29.2 Å². The molecule has 4 aromatic rings. The lowest BCUT2D eigenvalue weighted by molar-refractivity contribution is -0.117. The summed E-state index contributed by atoms with van der Waals surface area (Å²) in [4.78, 5) is 31.1. The fourth-order valence-electron chi connectivity index (χ4n) is 3.64. The molecule has 32 heavy (non-hydrogen) atoms. The van der Waals surface area contributed by atoms with E-state index in [0.29, 0.717) is 10.7 Å². The van der Waals surface area contributed by atoms with Gasteiger partial charge in [-0.15, -0.1) is 5.10 Å². The van der Waals surface area contributed by atoms with Crippen LogP contribution in [-0.4, -0.2) is 25.1 Å². The van der Waals surface area contributed by atoms with Crippen molar-refractivity contribution in [2.75, 3.05) is 5.32 Å². The third-order valence-corrected chi connectivity index (χ3v) is 6.46. The van der Waals surface area contributed by atoms with Gasteiger partial charge < -0.3 is 5.32 Å². The summed E-state index contributed by atoms with van der Waals surface area (Å²) in [6, 6.07) is 12.1. The first-order valence-electron chi connectivity index (χ1n) is 10.4. The van der Waals surface area contributed by atoms with Gasteiger partial charge in [0, 0.05) is 23.0 Å². The van der Waals surface area contributed by atoms with Gasteiger partial charge in [0.15, 0.2) is 5.65 Å². The van der Waals surface area contributed by atoms with Crippen LogP contribution in [0.4, 0.5) is 5.69 Å². The third-order valence-electron chi connectivity index (χ3n) is 5.30. The molecule has 8 heteroatoms. The minimum Gasteiger partial charge on any atom is -0.324 e. The highest BCUT2D eigenvalue weighted by atomic mass is 32.2. The first-order valence-corrected chi connectivity index (χ1v) is 11.3. The molecule has 0 saturated carbocycles. The standard InChI is InChI=1S/C24H25N5O2S/c1-5-18-8-6-7-16(3)21(18)26-20(30)14-29-24(31)28-12-11-25-23(22(28)27-29)32-19-10-9-15(2)13-17(19)4/h6-13H,5,14H2,1-4H3,(H,26,30). The zero-order valence-corrected chi connectivity index (χ0v) is 19.4. The third kappa shape index (κ3) is 4.31. The molecule has 7 nitrogen and oxygen atoms in total. The maximum Gasteiger partial charge on any atom is 0.350 e. The monoisotopic (exact) mass is 447 g/mol. The Balaban J connectivity index is 1.62. The molecule has 0 bridgehead atoms. The molecule has 1 N–H and O–H groups in total. The Hall–Kier alpha value is -3.39. The van der Waals surface area contributed by atoms with Crippen LogP contribution < -0.4 is 11.0 Å². The number of rotatable bonds is 6. The van der Waals surface area contributed by atoms with E-state index in [9.17, 15) is 9.59 Å². The Bertz CT molecular complexity index is 1370. The lowest BCUT2D eigenvalue weighted by Gasteiger charge is -2.12. The van der Waals surface area contributed by atoms with E-state index in [1.54, 1.807) is 12.4 Å². The lowest BCUT2D eigenvalue weighted by atomic mass is 10.1. The van der Waals surface area contributed by atoms with E-state index in [2.05, 4.69) is 21.5 Å². The Morgan fingerprint density at radius 2 is 1.94 bits per heavy atom. The normalized spacial score (nSPS) is 11.1. The van der Waals surface area contributed by atoms with Gasteiger partial charge in [0.25, 0.3) is 0 Å². The first kappa shape index (κ1) is 21.8. The number of para-hydroxylation sites is 1. The second kappa shape index (κ2) is 9.00. The molecule has 0 unspecified atom stereocenters. The second-order valence-corrected chi connectivity index (χ2v) is 8.78. The number of hydrogen-bond donors (Lipinski definition) is 1. The molecule has 0 aliphatic rings. The molecule has 0 aliphatic carbocycles. The maximum atomic E-state index is 12.9. The molecule has 0 fully saturated rings. The Kier molecular flexibility index (Phi) is 6.14. The summed E-state index contributed by atoms with van der Waals surface area (Å²) < 4.78 is 2.61. The quantitative estimate of drug-likeness (QED) is 0.480. The number of aromatic nitrogens is 4. The summed E-state index contributed by atoms with van der Waals surface area (Å²) >= 11 is 1.46. The molecular weight excluding hydrogens is 422 g/mol. The van der Waals surface area contributed by atoms with Crippen LogP contribution in [0.15, 0.2) is 63.5 Å². The molecule has 0 spiro atoms. The first-order chi connectivity index (χ1) is 15.4. The van der Waals surface area contributed by atoms with Crippen LogP contribution in [0, 0.1) is 20.8 Å². The number of fused-ring (bicyclic) bond motifs is 1. The van der Waals surface area contributed by atoms with E-state index in [1.807, 2.05) is 58.0 Å². The summed E-state index contributed by atoms with van der Waals surface area (Å²) in [5, 5.41) is 7.99. The van der Waals surface area contributed by atoms with Gasteiger partial charge in [0.05, 0.1) is 0 Å². The SMILES string of the molecule is CCc1cccc(C)c1NC(=O)Cn1nc2c(Sc3ccc(C)cc3C)nccn2c1=O. The number of anilines is 1. The molecule has 0 saturated heterocycles. The largest absolute Gasteiger partial charge is 0.350 e. The number of hydrogen-bond acceptors (Lipinski definition) is 5. The van der Waals surface area contributed by atoms with Gasteiger partial charge in [-0.3, -0.25) is 4.79 Å². The van der Waals surface area contributed by atoms with Crippen LogP contribution in [0.25, 0.3) is 5.65 Å². The fourth-order valence-corrected chi connectivity index (χ4v) is 4.54. The summed E-state index contributed by atoms with van der Waals surface area (Å²) in [5.74, 6) is -0.295. The smallest absolute Gasteiger partial charge is 0.324 e. The van der Waals surface area contributed by atoms with E-state index in [0.717, 1.165) is 33.7 Å². The number of carbonyl (C=O) groups excluding carboxylic acids is 1. The van der Waals surface area contributed by atoms with Gasteiger partial charge in [0.1, 0.15) is 11.6 Å². The lowest BCUT2D eigenvalue weighted by Crippen LogP contribution is -2.28. The highest BCUT2D eigenvalue weighted by Gasteiger charge is 2.16. The van der Waals surface area contributed by atoms with Crippen LogP contribution >= 0.6 is 11.8 Å². The molecule has 2 aromatic carbocycles. The molecule has 0 radical (unpaired) electrons. The van der Waals surface area contributed by atoms with Crippen molar-refractivity contribution in [1.82, 2.24) is 19.2 Å². The molecule has 164 valence electrons. The zero-order valence-electron chi connectivity index (χ0n) is 18.5. The molecule has 0 aliphatic heterocycles. The summed E-state index contributed by atoms with van der Waals surface area (Å²) in [7, 11) is 0. The predicted molar refractivity (Wildman–Crippen MR) is 126 cm³/mol. The van der Waals surface area contributed by atoms with E-state index >= 15 is 0 Å². The van der Waals surface area contributed by atoms with Crippen molar-refractivity contribution >= 4 is 29.0 Å². The average Bonchev–Trinajstić information content (AvgIpc) is 3.08. The number of carbonyl (C=O) groups is 1.